The molecule has 0 bridgehead atoms. The summed E-state index contributed by atoms with van der Waals surface area (Å²) in [5.41, 5.74) is 5.08. The molecule has 0 saturated carbocycles. The van der Waals surface area contributed by atoms with Crippen molar-refractivity contribution in [3.8, 4) is 5.75 Å². The minimum Gasteiger partial charge on any atom is -0.435 e. The van der Waals surface area contributed by atoms with E-state index in [0.29, 0.717) is 0 Å². The van der Waals surface area contributed by atoms with Crippen LogP contribution in [0.5, 0.6) is 5.75 Å². The molecule has 0 unspecified atom stereocenters. The van der Waals surface area contributed by atoms with Crippen LogP contribution in [0.2, 0.25) is 0 Å². The monoisotopic (exact) mass is 219 g/mol. The summed E-state index contributed by atoms with van der Waals surface area (Å²) >= 11 is 0. The SMILES string of the molecule is CC(C)(N)c1ccc(OC(F)F)cc1F. The van der Waals surface area contributed by atoms with Crippen molar-refractivity contribution in [2.45, 2.75) is 26.0 Å². The molecular weight excluding hydrogens is 207 g/mol. The Balaban J connectivity index is 2.99. The van der Waals surface area contributed by atoms with E-state index in [4.69, 9.17) is 5.73 Å². The molecule has 0 heterocycles. The Bertz CT molecular complexity index is 347. The van der Waals surface area contributed by atoms with E-state index in [1.54, 1.807) is 13.8 Å². The first-order valence-corrected chi connectivity index (χ1v) is 4.34. The van der Waals surface area contributed by atoms with Gasteiger partial charge in [-0.3, -0.25) is 0 Å². The average Bonchev–Trinajstić information content (AvgIpc) is 1.99. The third-order valence-electron chi connectivity index (χ3n) is 1.86. The second kappa shape index (κ2) is 4.10. The Morgan fingerprint density at radius 2 is 1.93 bits per heavy atom. The molecule has 0 aromatic heterocycles. The lowest BCUT2D eigenvalue weighted by Gasteiger charge is -2.20. The van der Waals surface area contributed by atoms with E-state index in [-0.39, 0.29) is 11.3 Å². The molecule has 0 amide bonds. The molecule has 2 N–H and O–H groups in total. The van der Waals surface area contributed by atoms with Gasteiger partial charge < -0.3 is 10.5 Å². The van der Waals surface area contributed by atoms with Crippen LogP contribution in [0.3, 0.4) is 0 Å². The molecule has 0 aliphatic rings. The van der Waals surface area contributed by atoms with Gasteiger partial charge in [-0.2, -0.15) is 8.78 Å². The molecule has 1 aromatic carbocycles. The number of nitrogens with two attached hydrogens (primary N) is 1. The molecule has 0 atom stereocenters. The summed E-state index contributed by atoms with van der Waals surface area (Å²) in [4.78, 5) is 0. The van der Waals surface area contributed by atoms with Crippen molar-refractivity contribution in [1.29, 1.82) is 0 Å². The molecule has 5 heteroatoms. The Hall–Kier alpha value is -1.23. The van der Waals surface area contributed by atoms with Crippen molar-refractivity contribution in [2.75, 3.05) is 0 Å². The van der Waals surface area contributed by atoms with Crippen molar-refractivity contribution in [3.05, 3.63) is 29.6 Å². The van der Waals surface area contributed by atoms with Crippen molar-refractivity contribution >= 4 is 0 Å². The highest BCUT2D eigenvalue weighted by atomic mass is 19.3. The van der Waals surface area contributed by atoms with E-state index in [2.05, 4.69) is 4.74 Å². The normalized spacial score (nSPS) is 11.9. The number of halogens is 3. The van der Waals surface area contributed by atoms with Crippen molar-refractivity contribution < 1.29 is 17.9 Å². The van der Waals surface area contributed by atoms with Gasteiger partial charge in [0.25, 0.3) is 0 Å². The van der Waals surface area contributed by atoms with Crippen LogP contribution in [-0.2, 0) is 5.54 Å². The van der Waals surface area contributed by atoms with Crippen LogP contribution in [-0.4, -0.2) is 6.61 Å². The number of alkyl halides is 2. The minimum atomic E-state index is -2.96. The molecule has 0 radical (unpaired) electrons. The van der Waals surface area contributed by atoms with Crippen LogP contribution >= 0.6 is 0 Å². The minimum absolute atomic E-state index is 0.212. The molecule has 0 aliphatic heterocycles. The lowest BCUT2D eigenvalue weighted by molar-refractivity contribution is -0.0500. The number of ether oxygens (including phenoxy) is 1. The molecule has 15 heavy (non-hydrogen) atoms. The second-order valence-electron chi connectivity index (χ2n) is 3.74. The van der Waals surface area contributed by atoms with E-state index in [9.17, 15) is 13.2 Å². The quantitative estimate of drug-likeness (QED) is 0.848. The highest BCUT2D eigenvalue weighted by Gasteiger charge is 2.19. The Kier molecular flexibility index (Phi) is 3.24. The zero-order chi connectivity index (χ0) is 11.6. The van der Waals surface area contributed by atoms with E-state index < -0.39 is 18.0 Å². The Morgan fingerprint density at radius 1 is 1.33 bits per heavy atom. The summed E-state index contributed by atoms with van der Waals surface area (Å²) < 4.78 is 41.1. The van der Waals surface area contributed by atoms with Gasteiger partial charge in [0, 0.05) is 17.2 Å². The summed E-state index contributed by atoms with van der Waals surface area (Å²) in [6.07, 6.45) is 0. The van der Waals surface area contributed by atoms with Gasteiger partial charge >= 0.3 is 6.61 Å². The summed E-state index contributed by atoms with van der Waals surface area (Å²) in [7, 11) is 0. The zero-order valence-electron chi connectivity index (χ0n) is 8.43. The van der Waals surface area contributed by atoms with E-state index >= 15 is 0 Å². The van der Waals surface area contributed by atoms with Gasteiger partial charge in [-0.1, -0.05) is 6.07 Å². The lowest BCUT2D eigenvalue weighted by atomic mass is 9.95. The maximum absolute atomic E-state index is 13.4. The second-order valence-corrected chi connectivity index (χ2v) is 3.74. The van der Waals surface area contributed by atoms with Crippen LogP contribution in [0.25, 0.3) is 0 Å². The van der Waals surface area contributed by atoms with Gasteiger partial charge in [-0.25, -0.2) is 4.39 Å². The van der Waals surface area contributed by atoms with Gasteiger partial charge in [-0.05, 0) is 19.9 Å². The fraction of sp³-hybridized carbons (Fsp3) is 0.400. The molecule has 0 spiro atoms. The average molecular weight is 219 g/mol. The summed E-state index contributed by atoms with van der Waals surface area (Å²) in [5, 5.41) is 0. The lowest BCUT2D eigenvalue weighted by Crippen LogP contribution is -2.29. The van der Waals surface area contributed by atoms with Gasteiger partial charge in [0.15, 0.2) is 0 Å². The van der Waals surface area contributed by atoms with Crippen LogP contribution in [0, 0.1) is 5.82 Å². The van der Waals surface area contributed by atoms with E-state index in [1.807, 2.05) is 0 Å². The van der Waals surface area contributed by atoms with Gasteiger partial charge in [0.1, 0.15) is 11.6 Å². The first kappa shape index (κ1) is 11.8. The standard InChI is InChI=1S/C10H12F3NO/c1-10(2,14)7-4-3-6(5-8(7)11)15-9(12)13/h3-5,9H,14H2,1-2H3. The Morgan fingerprint density at radius 3 is 2.33 bits per heavy atom. The van der Waals surface area contributed by atoms with Crippen LogP contribution < -0.4 is 10.5 Å². The fourth-order valence-electron chi connectivity index (χ4n) is 1.19. The molecule has 2 nitrogen and oxygen atoms in total. The predicted molar refractivity (Wildman–Crippen MR) is 50.2 cm³/mol. The summed E-state index contributed by atoms with van der Waals surface area (Å²) in [6, 6.07) is 3.50. The molecule has 0 aliphatic carbocycles. The van der Waals surface area contributed by atoms with Crippen LogP contribution in [0.15, 0.2) is 18.2 Å². The first-order valence-electron chi connectivity index (χ1n) is 4.34. The fourth-order valence-corrected chi connectivity index (χ4v) is 1.19. The van der Waals surface area contributed by atoms with Crippen LogP contribution in [0.4, 0.5) is 13.2 Å². The molecule has 84 valence electrons. The van der Waals surface area contributed by atoms with Gasteiger partial charge in [0.05, 0.1) is 0 Å². The van der Waals surface area contributed by atoms with Gasteiger partial charge in [0.2, 0.25) is 0 Å². The molecular formula is C10H12F3NO. The third kappa shape index (κ3) is 3.13. The largest absolute Gasteiger partial charge is 0.435 e. The van der Waals surface area contributed by atoms with Crippen molar-refractivity contribution in [3.63, 3.8) is 0 Å². The highest BCUT2D eigenvalue weighted by Crippen LogP contribution is 2.24. The van der Waals surface area contributed by atoms with Gasteiger partial charge in [-0.15, -0.1) is 0 Å². The maximum atomic E-state index is 13.4. The third-order valence-corrected chi connectivity index (χ3v) is 1.86. The summed E-state index contributed by atoms with van der Waals surface area (Å²) in [5.74, 6) is -0.865. The van der Waals surface area contributed by atoms with E-state index in [1.165, 1.54) is 12.1 Å². The predicted octanol–water partition coefficient (Wildman–Crippen LogP) is 2.62. The molecule has 0 saturated heterocycles. The molecule has 1 aromatic rings. The number of benzene rings is 1. The van der Waals surface area contributed by atoms with Crippen molar-refractivity contribution in [2.24, 2.45) is 5.73 Å². The summed E-state index contributed by atoms with van der Waals surface area (Å²) in [6.45, 7) is 0.291. The topological polar surface area (TPSA) is 35.2 Å². The number of rotatable bonds is 3. The van der Waals surface area contributed by atoms with Crippen molar-refractivity contribution in [1.82, 2.24) is 0 Å². The molecule has 0 fully saturated rings. The smallest absolute Gasteiger partial charge is 0.387 e. The van der Waals surface area contributed by atoms with Crippen LogP contribution in [0.1, 0.15) is 19.4 Å². The Labute approximate surface area is 85.8 Å². The number of hydrogen-bond acceptors (Lipinski definition) is 2. The zero-order valence-corrected chi connectivity index (χ0v) is 8.43. The first-order chi connectivity index (χ1) is 6.80. The maximum Gasteiger partial charge on any atom is 0.387 e. The highest BCUT2D eigenvalue weighted by molar-refractivity contribution is 5.32. The molecule has 1 rings (SSSR count). The number of hydrogen-bond donors (Lipinski definition) is 1. The van der Waals surface area contributed by atoms with E-state index in [0.717, 1.165) is 6.07 Å².